The lowest BCUT2D eigenvalue weighted by Gasteiger charge is -2.29. The Kier molecular flexibility index (Phi) is 3.81. The lowest BCUT2D eigenvalue weighted by Crippen LogP contribution is -2.43. The second kappa shape index (κ2) is 5.39. The molecule has 4 atom stereocenters. The number of hydrogen-bond donors (Lipinski definition) is 0. The van der Waals surface area contributed by atoms with Crippen molar-refractivity contribution in [3.05, 3.63) is 35.9 Å². The third-order valence-electron chi connectivity index (χ3n) is 4.75. The average molecular weight is 322 g/mol. The minimum Gasteiger partial charge on any atom is -0.461 e. The van der Waals surface area contributed by atoms with Crippen molar-refractivity contribution in [3.63, 3.8) is 0 Å². The quantitative estimate of drug-likeness (QED) is 0.588. The number of sulfone groups is 1. The van der Waals surface area contributed by atoms with Crippen LogP contribution in [-0.2, 0) is 30.7 Å². The Morgan fingerprint density at radius 1 is 1.41 bits per heavy atom. The predicted molar refractivity (Wildman–Crippen MR) is 83.7 cm³/mol. The zero-order valence-corrected chi connectivity index (χ0v) is 13.5. The van der Waals surface area contributed by atoms with Gasteiger partial charge in [0.15, 0.2) is 9.84 Å². The molecule has 22 heavy (non-hydrogen) atoms. The summed E-state index contributed by atoms with van der Waals surface area (Å²) in [4.78, 5) is 12.1. The highest BCUT2D eigenvalue weighted by molar-refractivity contribution is 7.92. The van der Waals surface area contributed by atoms with Gasteiger partial charge in [0.05, 0.1) is 23.0 Å². The second-order valence-electron chi connectivity index (χ2n) is 6.27. The molecule has 0 spiro atoms. The van der Waals surface area contributed by atoms with Crippen LogP contribution in [-0.4, -0.2) is 44.8 Å². The summed E-state index contributed by atoms with van der Waals surface area (Å²) in [6.45, 7) is 2.04. The molecule has 2 bridgehead atoms. The molecule has 7 heteroatoms. The van der Waals surface area contributed by atoms with E-state index in [1.54, 1.807) is 7.85 Å². The van der Waals surface area contributed by atoms with E-state index in [0.717, 1.165) is 5.56 Å². The largest absolute Gasteiger partial charge is 0.461 e. The Morgan fingerprint density at radius 2 is 2.09 bits per heavy atom. The SMILES string of the molecule is B[C@@H]1O[C@@]2(CC(=O)OCc3ccccc3)CS(=O)(=O)[C@H]1C2C. The van der Waals surface area contributed by atoms with E-state index < -0.39 is 26.7 Å². The third kappa shape index (κ3) is 2.56. The molecule has 2 heterocycles. The number of fused-ring (bicyclic) bond motifs is 2. The number of esters is 1. The van der Waals surface area contributed by atoms with Gasteiger partial charge in [-0.15, -0.1) is 0 Å². The maximum atomic E-state index is 12.2. The number of rotatable bonds is 4. The fourth-order valence-electron chi connectivity index (χ4n) is 3.74. The van der Waals surface area contributed by atoms with Gasteiger partial charge in [-0.1, -0.05) is 37.3 Å². The fraction of sp³-hybridized carbons (Fsp3) is 0.533. The summed E-state index contributed by atoms with van der Waals surface area (Å²) < 4.78 is 35.5. The molecule has 1 aromatic rings. The molecule has 0 N–H and O–H groups in total. The maximum absolute atomic E-state index is 12.2. The van der Waals surface area contributed by atoms with Crippen molar-refractivity contribution in [2.24, 2.45) is 5.92 Å². The fourth-order valence-corrected chi connectivity index (χ4v) is 6.56. The lowest BCUT2D eigenvalue weighted by atomic mass is 9.84. The molecule has 5 nitrogen and oxygen atoms in total. The first-order valence-corrected chi connectivity index (χ1v) is 9.14. The van der Waals surface area contributed by atoms with Gasteiger partial charge >= 0.3 is 5.97 Å². The zero-order valence-electron chi connectivity index (χ0n) is 12.7. The molecule has 2 aliphatic rings. The van der Waals surface area contributed by atoms with Crippen molar-refractivity contribution in [3.8, 4) is 0 Å². The lowest BCUT2D eigenvalue weighted by molar-refractivity contribution is -0.152. The van der Waals surface area contributed by atoms with Gasteiger partial charge in [-0.3, -0.25) is 4.79 Å². The molecule has 0 amide bonds. The molecular formula is C15H19BO5S. The Labute approximate surface area is 131 Å². The molecule has 118 valence electrons. The van der Waals surface area contributed by atoms with Crippen LogP contribution in [0.25, 0.3) is 0 Å². The van der Waals surface area contributed by atoms with E-state index in [9.17, 15) is 13.2 Å². The first-order valence-electron chi connectivity index (χ1n) is 7.43. The van der Waals surface area contributed by atoms with E-state index in [2.05, 4.69) is 0 Å². The summed E-state index contributed by atoms with van der Waals surface area (Å²) in [7, 11) is -1.43. The third-order valence-corrected chi connectivity index (χ3v) is 7.26. The van der Waals surface area contributed by atoms with Gasteiger partial charge in [-0.25, -0.2) is 8.42 Å². The molecule has 0 aliphatic carbocycles. The van der Waals surface area contributed by atoms with Gasteiger partial charge in [0.25, 0.3) is 0 Å². The highest BCUT2D eigenvalue weighted by atomic mass is 32.2. The smallest absolute Gasteiger partial charge is 0.309 e. The van der Waals surface area contributed by atoms with Crippen molar-refractivity contribution in [2.75, 3.05) is 5.75 Å². The van der Waals surface area contributed by atoms with Crippen molar-refractivity contribution < 1.29 is 22.7 Å². The van der Waals surface area contributed by atoms with E-state index in [-0.39, 0.29) is 30.7 Å². The van der Waals surface area contributed by atoms with Crippen LogP contribution >= 0.6 is 0 Å². The minimum absolute atomic E-state index is 0.0128. The number of hydrogen-bond acceptors (Lipinski definition) is 5. The van der Waals surface area contributed by atoms with Crippen molar-refractivity contribution in [1.29, 1.82) is 0 Å². The van der Waals surface area contributed by atoms with Crippen LogP contribution in [0.1, 0.15) is 18.9 Å². The van der Waals surface area contributed by atoms with Gasteiger partial charge in [-0.2, -0.15) is 0 Å². The van der Waals surface area contributed by atoms with Crippen LogP contribution in [0.4, 0.5) is 0 Å². The van der Waals surface area contributed by atoms with Crippen LogP contribution in [0.15, 0.2) is 30.3 Å². The Hall–Kier alpha value is -1.34. The molecule has 2 fully saturated rings. The second-order valence-corrected chi connectivity index (χ2v) is 8.43. The van der Waals surface area contributed by atoms with Crippen LogP contribution in [0.5, 0.6) is 0 Å². The average Bonchev–Trinajstić information content (AvgIpc) is 2.78. The zero-order chi connectivity index (χ0) is 16.0. The number of benzene rings is 1. The standard InChI is InChI=1S/C15H19BO5S/c1-10-13-14(16)21-15(10,9-22(13,18)19)7-12(17)20-8-11-5-3-2-4-6-11/h2-6,10,13-14H,7-9,16H2,1H3/t10?,13-,14+,15-/m0/s1. The van der Waals surface area contributed by atoms with E-state index in [1.807, 2.05) is 37.3 Å². The molecule has 2 aliphatic heterocycles. The minimum atomic E-state index is -3.19. The van der Waals surface area contributed by atoms with E-state index in [4.69, 9.17) is 9.47 Å². The first kappa shape index (κ1) is 15.6. The van der Waals surface area contributed by atoms with E-state index in [1.165, 1.54) is 0 Å². The number of ether oxygens (including phenoxy) is 2. The molecule has 0 aromatic heterocycles. The normalized spacial score (nSPS) is 35.4. The van der Waals surface area contributed by atoms with Crippen LogP contribution in [0, 0.1) is 5.92 Å². The van der Waals surface area contributed by atoms with Gasteiger partial charge in [-0.05, 0) is 5.56 Å². The van der Waals surface area contributed by atoms with Crippen molar-refractivity contribution in [1.82, 2.24) is 0 Å². The van der Waals surface area contributed by atoms with E-state index >= 15 is 0 Å². The molecule has 0 radical (unpaired) electrons. The van der Waals surface area contributed by atoms with Gasteiger partial charge in [0.2, 0.25) is 0 Å². The highest BCUT2D eigenvalue weighted by Gasteiger charge is 2.64. The summed E-state index contributed by atoms with van der Waals surface area (Å²) in [5, 5.41) is -0.505. The summed E-state index contributed by atoms with van der Waals surface area (Å²) >= 11 is 0. The maximum Gasteiger partial charge on any atom is 0.309 e. The highest BCUT2D eigenvalue weighted by Crippen LogP contribution is 2.49. The summed E-state index contributed by atoms with van der Waals surface area (Å²) in [5.41, 5.74) is -0.0181. The molecule has 0 saturated carbocycles. The van der Waals surface area contributed by atoms with Crippen LogP contribution in [0.2, 0.25) is 0 Å². The van der Waals surface area contributed by atoms with E-state index in [0.29, 0.717) is 0 Å². The number of carbonyl (C=O) groups excluding carboxylic acids is 1. The summed E-state index contributed by atoms with van der Waals surface area (Å²) in [6.07, 6.45) is -0.0128. The van der Waals surface area contributed by atoms with Gasteiger partial charge in [0, 0.05) is 11.9 Å². The van der Waals surface area contributed by atoms with Crippen LogP contribution in [0.3, 0.4) is 0 Å². The monoisotopic (exact) mass is 322 g/mol. The Balaban J connectivity index is 1.67. The molecule has 2 saturated heterocycles. The first-order chi connectivity index (χ1) is 10.3. The Bertz CT molecular complexity index is 674. The number of carbonyl (C=O) groups is 1. The molecule has 1 aromatic carbocycles. The van der Waals surface area contributed by atoms with Gasteiger partial charge < -0.3 is 9.47 Å². The topological polar surface area (TPSA) is 69.7 Å². The Morgan fingerprint density at radius 3 is 2.68 bits per heavy atom. The molecule has 3 rings (SSSR count). The summed E-state index contributed by atoms with van der Waals surface area (Å²) in [6, 6.07) is 9.02. The predicted octanol–water partition coefficient (Wildman–Crippen LogP) is 0.281. The van der Waals surface area contributed by atoms with Crippen LogP contribution < -0.4 is 0 Å². The summed E-state index contributed by atoms with van der Waals surface area (Å²) in [5.74, 6) is -0.686. The van der Waals surface area contributed by atoms with Crippen molar-refractivity contribution in [2.45, 2.75) is 36.8 Å². The van der Waals surface area contributed by atoms with Gasteiger partial charge in [0.1, 0.15) is 14.5 Å². The van der Waals surface area contributed by atoms with Crippen molar-refractivity contribution >= 4 is 23.7 Å². The molecule has 1 unspecified atom stereocenters. The molecular weight excluding hydrogens is 303 g/mol.